The molecule has 2 fully saturated rings. The van der Waals surface area contributed by atoms with E-state index < -0.39 is 0 Å². The van der Waals surface area contributed by atoms with Crippen molar-refractivity contribution >= 4 is 5.82 Å². The van der Waals surface area contributed by atoms with Gasteiger partial charge in [0.15, 0.2) is 0 Å². The Kier molecular flexibility index (Phi) is 2.33. The maximum atomic E-state index is 4.66. The first kappa shape index (κ1) is 9.16. The summed E-state index contributed by atoms with van der Waals surface area (Å²) in [5, 5.41) is 6.84. The summed E-state index contributed by atoms with van der Waals surface area (Å²) in [4.78, 5) is 4.66. The Labute approximate surface area is 90.3 Å². The van der Waals surface area contributed by atoms with Gasteiger partial charge < -0.3 is 10.6 Å². The fourth-order valence-corrected chi connectivity index (χ4v) is 2.13. The molecule has 80 valence electrons. The van der Waals surface area contributed by atoms with Gasteiger partial charge >= 0.3 is 0 Å². The van der Waals surface area contributed by atoms with Crippen LogP contribution in [-0.2, 0) is 0 Å². The zero-order chi connectivity index (χ0) is 10.1. The van der Waals surface area contributed by atoms with E-state index in [9.17, 15) is 0 Å². The van der Waals surface area contributed by atoms with Crippen LogP contribution in [0.1, 0.15) is 30.9 Å². The highest BCUT2D eigenvalue weighted by atomic mass is 15.1. The molecule has 15 heavy (non-hydrogen) atoms. The van der Waals surface area contributed by atoms with Crippen molar-refractivity contribution in [3.05, 3.63) is 23.9 Å². The number of rotatable bonds is 3. The van der Waals surface area contributed by atoms with Crippen molar-refractivity contribution < 1.29 is 0 Å². The Hall–Kier alpha value is -1.09. The molecule has 0 aromatic carbocycles. The first-order chi connectivity index (χ1) is 7.42. The zero-order valence-electron chi connectivity index (χ0n) is 8.87. The summed E-state index contributed by atoms with van der Waals surface area (Å²) in [5.41, 5.74) is 1.27. The fraction of sp³-hybridized carbons (Fsp3) is 0.583. The normalized spacial score (nSPS) is 25.5. The highest BCUT2D eigenvalue weighted by molar-refractivity contribution is 5.38. The number of hydrogen-bond donors (Lipinski definition) is 2. The van der Waals surface area contributed by atoms with Crippen molar-refractivity contribution in [3.8, 4) is 0 Å². The fourth-order valence-electron chi connectivity index (χ4n) is 2.13. The molecular formula is C12H17N3. The van der Waals surface area contributed by atoms with E-state index in [0.717, 1.165) is 24.8 Å². The van der Waals surface area contributed by atoms with Crippen LogP contribution in [0.25, 0.3) is 0 Å². The van der Waals surface area contributed by atoms with E-state index in [0.29, 0.717) is 6.04 Å². The Balaban J connectivity index is 1.70. The van der Waals surface area contributed by atoms with Crippen molar-refractivity contribution in [1.29, 1.82) is 0 Å². The third-order valence-electron chi connectivity index (χ3n) is 3.18. The molecular weight excluding hydrogens is 186 g/mol. The van der Waals surface area contributed by atoms with Crippen LogP contribution in [0.2, 0.25) is 0 Å². The molecule has 2 N–H and O–H groups in total. The molecule has 1 aliphatic heterocycles. The topological polar surface area (TPSA) is 37.0 Å². The van der Waals surface area contributed by atoms with Gasteiger partial charge in [0.2, 0.25) is 0 Å². The average molecular weight is 203 g/mol. The predicted molar refractivity (Wildman–Crippen MR) is 61.1 cm³/mol. The average Bonchev–Trinajstić information content (AvgIpc) is 3.00. The van der Waals surface area contributed by atoms with Crippen molar-refractivity contribution in [3.63, 3.8) is 0 Å². The first-order valence-electron chi connectivity index (χ1n) is 5.86. The maximum absolute atomic E-state index is 4.66. The van der Waals surface area contributed by atoms with Gasteiger partial charge in [0, 0.05) is 24.2 Å². The van der Waals surface area contributed by atoms with Crippen LogP contribution in [0, 0.1) is 0 Å². The lowest BCUT2D eigenvalue weighted by molar-refractivity contribution is 0.786. The van der Waals surface area contributed by atoms with Crippen LogP contribution in [0.15, 0.2) is 18.2 Å². The first-order valence-corrected chi connectivity index (χ1v) is 5.86. The summed E-state index contributed by atoms with van der Waals surface area (Å²) >= 11 is 0. The van der Waals surface area contributed by atoms with Crippen molar-refractivity contribution in [1.82, 2.24) is 10.3 Å². The quantitative estimate of drug-likeness (QED) is 0.785. The zero-order valence-corrected chi connectivity index (χ0v) is 8.87. The standard InChI is InChI=1S/C12H17N3/c1-2-11(9-4-5-9)15-12(3-1)14-10-6-7-13-8-10/h1-3,9-10,13H,4-8H2,(H,14,15). The predicted octanol–water partition coefficient (Wildman–Crippen LogP) is 1.73. The Morgan fingerprint density at radius 3 is 2.93 bits per heavy atom. The van der Waals surface area contributed by atoms with Crippen LogP contribution in [0.5, 0.6) is 0 Å². The lowest BCUT2D eigenvalue weighted by atomic mass is 10.2. The van der Waals surface area contributed by atoms with Crippen molar-refractivity contribution in [2.24, 2.45) is 0 Å². The largest absolute Gasteiger partial charge is 0.366 e. The third kappa shape index (κ3) is 2.12. The summed E-state index contributed by atoms with van der Waals surface area (Å²) in [6.07, 6.45) is 3.85. The molecule has 1 aliphatic carbocycles. The molecule has 1 aromatic heterocycles. The SMILES string of the molecule is c1cc(NC2CCNC2)nc(C2CC2)c1. The van der Waals surface area contributed by atoms with Gasteiger partial charge in [-0.2, -0.15) is 0 Å². The Morgan fingerprint density at radius 2 is 2.20 bits per heavy atom. The second-order valence-corrected chi connectivity index (χ2v) is 4.56. The number of hydrogen-bond acceptors (Lipinski definition) is 3. The van der Waals surface area contributed by atoms with Crippen molar-refractivity contribution in [2.45, 2.75) is 31.2 Å². The summed E-state index contributed by atoms with van der Waals surface area (Å²) in [7, 11) is 0. The lowest BCUT2D eigenvalue weighted by Crippen LogP contribution is -2.22. The van der Waals surface area contributed by atoms with E-state index in [1.165, 1.54) is 25.0 Å². The molecule has 2 heterocycles. The molecule has 1 unspecified atom stereocenters. The summed E-state index contributed by atoms with van der Waals surface area (Å²) in [5.74, 6) is 1.79. The summed E-state index contributed by atoms with van der Waals surface area (Å²) < 4.78 is 0. The van der Waals surface area contributed by atoms with E-state index >= 15 is 0 Å². The van der Waals surface area contributed by atoms with Crippen LogP contribution in [-0.4, -0.2) is 24.1 Å². The van der Waals surface area contributed by atoms with Gasteiger partial charge in [-0.05, 0) is 37.9 Å². The maximum Gasteiger partial charge on any atom is 0.126 e. The van der Waals surface area contributed by atoms with Gasteiger partial charge in [-0.15, -0.1) is 0 Å². The molecule has 3 nitrogen and oxygen atoms in total. The molecule has 0 radical (unpaired) electrons. The van der Waals surface area contributed by atoms with E-state index in [1.54, 1.807) is 0 Å². The summed E-state index contributed by atoms with van der Waals surface area (Å²) in [6, 6.07) is 6.90. The molecule has 1 atom stereocenters. The number of nitrogens with zero attached hydrogens (tertiary/aromatic N) is 1. The van der Waals surface area contributed by atoms with Crippen LogP contribution in [0.4, 0.5) is 5.82 Å². The minimum absolute atomic E-state index is 0.562. The smallest absolute Gasteiger partial charge is 0.126 e. The molecule has 3 heteroatoms. The molecule has 1 aromatic rings. The van der Waals surface area contributed by atoms with Gasteiger partial charge in [0.05, 0.1) is 0 Å². The van der Waals surface area contributed by atoms with Gasteiger partial charge in [0.25, 0.3) is 0 Å². The monoisotopic (exact) mass is 203 g/mol. The molecule has 1 saturated heterocycles. The number of pyridine rings is 1. The van der Waals surface area contributed by atoms with Gasteiger partial charge in [-0.3, -0.25) is 0 Å². The van der Waals surface area contributed by atoms with Gasteiger partial charge in [0.1, 0.15) is 5.82 Å². The number of nitrogens with one attached hydrogen (secondary N) is 2. The molecule has 0 amide bonds. The minimum atomic E-state index is 0.562. The van der Waals surface area contributed by atoms with Crippen LogP contribution < -0.4 is 10.6 Å². The van der Waals surface area contributed by atoms with Gasteiger partial charge in [-0.25, -0.2) is 4.98 Å². The molecule has 3 rings (SSSR count). The number of anilines is 1. The van der Waals surface area contributed by atoms with E-state index in [4.69, 9.17) is 0 Å². The minimum Gasteiger partial charge on any atom is -0.366 e. The van der Waals surface area contributed by atoms with Crippen LogP contribution in [0.3, 0.4) is 0 Å². The van der Waals surface area contributed by atoms with E-state index in [2.05, 4.69) is 33.8 Å². The summed E-state index contributed by atoms with van der Waals surface area (Å²) in [6.45, 7) is 2.19. The number of aromatic nitrogens is 1. The van der Waals surface area contributed by atoms with E-state index in [1.807, 2.05) is 0 Å². The molecule has 1 saturated carbocycles. The highest BCUT2D eigenvalue weighted by Gasteiger charge is 2.25. The molecule has 0 bridgehead atoms. The van der Waals surface area contributed by atoms with Crippen molar-refractivity contribution in [2.75, 3.05) is 18.4 Å². The third-order valence-corrected chi connectivity index (χ3v) is 3.18. The van der Waals surface area contributed by atoms with Crippen LogP contribution >= 0.6 is 0 Å². The second-order valence-electron chi connectivity index (χ2n) is 4.56. The van der Waals surface area contributed by atoms with Gasteiger partial charge in [-0.1, -0.05) is 6.07 Å². The lowest BCUT2D eigenvalue weighted by Gasteiger charge is -2.12. The Morgan fingerprint density at radius 1 is 1.27 bits per heavy atom. The molecule has 0 spiro atoms. The highest BCUT2D eigenvalue weighted by Crippen LogP contribution is 2.39. The molecule has 2 aliphatic rings. The second kappa shape index (κ2) is 3.81. The van der Waals surface area contributed by atoms with E-state index in [-0.39, 0.29) is 0 Å². The Bertz CT molecular complexity index is 340.